The number of hydrogen-bond donors (Lipinski definition) is 2. The summed E-state index contributed by atoms with van der Waals surface area (Å²) in [6.45, 7) is 6.00. The van der Waals surface area contributed by atoms with Crippen LogP contribution in [0.1, 0.15) is 48.1 Å². The first-order valence-electron chi connectivity index (χ1n) is 8.10. The zero-order valence-corrected chi connectivity index (χ0v) is 16.7. The summed E-state index contributed by atoms with van der Waals surface area (Å²) in [5.74, 6) is 0.430. The molecule has 0 heterocycles. The largest absolute Gasteiger partial charge is 0.323 e. The first kappa shape index (κ1) is 22.1. The van der Waals surface area contributed by atoms with E-state index in [1.54, 1.807) is 19.1 Å². The number of nitrogens with two attached hydrogens (primary N) is 1. The number of sulfonamides is 1. The SMILES string of the molecule is Cc1ccc(C#N)cc1S(=O)(=O)NCC(N)c1ccc(C(C)C)cc1.Cl. The second-order valence-electron chi connectivity index (χ2n) is 6.37. The monoisotopic (exact) mass is 393 g/mol. The number of benzene rings is 2. The van der Waals surface area contributed by atoms with Gasteiger partial charge in [-0.25, -0.2) is 13.1 Å². The predicted octanol–water partition coefficient (Wildman–Crippen LogP) is 3.39. The molecule has 0 spiro atoms. The van der Waals surface area contributed by atoms with Crippen molar-refractivity contribution in [2.24, 2.45) is 5.73 Å². The third kappa shape index (κ3) is 5.29. The van der Waals surface area contributed by atoms with Gasteiger partial charge in [0.2, 0.25) is 10.0 Å². The lowest BCUT2D eigenvalue weighted by molar-refractivity contribution is 0.571. The number of rotatable bonds is 6. The van der Waals surface area contributed by atoms with Crippen LogP contribution in [-0.2, 0) is 10.0 Å². The number of nitrogens with one attached hydrogen (secondary N) is 1. The molecule has 2 aromatic rings. The minimum Gasteiger partial charge on any atom is -0.323 e. The fourth-order valence-electron chi connectivity index (χ4n) is 2.48. The highest BCUT2D eigenvalue weighted by atomic mass is 35.5. The second-order valence-corrected chi connectivity index (χ2v) is 8.11. The first-order valence-corrected chi connectivity index (χ1v) is 9.58. The molecule has 1 atom stereocenters. The van der Waals surface area contributed by atoms with Gasteiger partial charge >= 0.3 is 0 Å². The van der Waals surface area contributed by atoms with Crippen LogP contribution >= 0.6 is 12.4 Å². The number of halogens is 1. The van der Waals surface area contributed by atoms with Crippen LogP contribution in [0.5, 0.6) is 0 Å². The van der Waals surface area contributed by atoms with Crippen molar-refractivity contribution in [1.29, 1.82) is 5.26 Å². The highest BCUT2D eigenvalue weighted by Crippen LogP contribution is 2.19. The number of aryl methyl sites for hydroxylation is 1. The first-order chi connectivity index (χ1) is 11.7. The topological polar surface area (TPSA) is 96.0 Å². The Bertz CT molecular complexity index is 888. The zero-order valence-electron chi connectivity index (χ0n) is 15.1. The van der Waals surface area contributed by atoms with Crippen LogP contribution in [0, 0.1) is 18.3 Å². The van der Waals surface area contributed by atoms with Gasteiger partial charge in [0.25, 0.3) is 0 Å². The highest BCUT2D eigenvalue weighted by Gasteiger charge is 2.19. The van der Waals surface area contributed by atoms with E-state index >= 15 is 0 Å². The van der Waals surface area contributed by atoms with Gasteiger partial charge in [0.1, 0.15) is 0 Å². The van der Waals surface area contributed by atoms with Crippen molar-refractivity contribution >= 4 is 22.4 Å². The van der Waals surface area contributed by atoms with E-state index in [4.69, 9.17) is 11.0 Å². The quantitative estimate of drug-likeness (QED) is 0.786. The zero-order chi connectivity index (χ0) is 18.6. The van der Waals surface area contributed by atoms with Crippen LogP contribution in [0.25, 0.3) is 0 Å². The van der Waals surface area contributed by atoms with E-state index < -0.39 is 16.1 Å². The van der Waals surface area contributed by atoms with Crippen molar-refractivity contribution in [3.63, 3.8) is 0 Å². The van der Waals surface area contributed by atoms with Gasteiger partial charge in [-0.2, -0.15) is 5.26 Å². The van der Waals surface area contributed by atoms with Crippen molar-refractivity contribution in [3.05, 3.63) is 64.7 Å². The smallest absolute Gasteiger partial charge is 0.240 e. The number of hydrogen-bond acceptors (Lipinski definition) is 4. The van der Waals surface area contributed by atoms with Crippen LogP contribution in [-0.4, -0.2) is 15.0 Å². The maximum absolute atomic E-state index is 12.5. The van der Waals surface area contributed by atoms with E-state index in [-0.39, 0.29) is 23.8 Å². The van der Waals surface area contributed by atoms with E-state index in [2.05, 4.69) is 18.6 Å². The van der Waals surface area contributed by atoms with Crippen molar-refractivity contribution < 1.29 is 8.42 Å². The lowest BCUT2D eigenvalue weighted by Gasteiger charge is -2.15. The Labute approximate surface area is 161 Å². The molecule has 0 amide bonds. The maximum atomic E-state index is 12.5. The summed E-state index contributed by atoms with van der Waals surface area (Å²) in [4.78, 5) is 0.105. The fourth-order valence-corrected chi connectivity index (χ4v) is 3.81. The van der Waals surface area contributed by atoms with E-state index in [1.165, 1.54) is 11.6 Å². The van der Waals surface area contributed by atoms with E-state index in [1.807, 2.05) is 30.3 Å². The average molecular weight is 394 g/mol. The van der Waals surface area contributed by atoms with Crippen molar-refractivity contribution in [2.45, 2.75) is 37.6 Å². The van der Waals surface area contributed by atoms with Crippen molar-refractivity contribution in [3.8, 4) is 6.07 Å². The summed E-state index contributed by atoms with van der Waals surface area (Å²) in [6, 6.07) is 14.0. The second kappa shape index (κ2) is 9.15. The molecule has 0 aromatic heterocycles. The standard InChI is InChI=1S/C19H23N3O2S.ClH/c1-13(2)16-6-8-17(9-7-16)18(21)12-22-25(23,24)19-10-15(11-20)5-4-14(19)3;/h4-10,13,18,22H,12,21H2,1-3H3;1H. The van der Waals surface area contributed by atoms with Gasteiger partial charge in [0.15, 0.2) is 0 Å². The molecule has 0 radical (unpaired) electrons. The van der Waals surface area contributed by atoms with Gasteiger partial charge < -0.3 is 5.73 Å². The van der Waals surface area contributed by atoms with Crippen LogP contribution in [0.4, 0.5) is 0 Å². The summed E-state index contributed by atoms with van der Waals surface area (Å²) in [5, 5.41) is 8.96. The van der Waals surface area contributed by atoms with Gasteiger partial charge in [-0.3, -0.25) is 0 Å². The van der Waals surface area contributed by atoms with Gasteiger partial charge in [0.05, 0.1) is 16.5 Å². The summed E-state index contributed by atoms with van der Waals surface area (Å²) < 4.78 is 27.6. The van der Waals surface area contributed by atoms with Gasteiger partial charge in [-0.15, -0.1) is 12.4 Å². The molecule has 26 heavy (non-hydrogen) atoms. The lowest BCUT2D eigenvalue weighted by Crippen LogP contribution is -2.32. The molecule has 7 heteroatoms. The number of nitrogens with zero attached hydrogens (tertiary/aromatic N) is 1. The maximum Gasteiger partial charge on any atom is 0.240 e. The molecule has 0 aliphatic heterocycles. The lowest BCUT2D eigenvalue weighted by atomic mass is 9.99. The summed E-state index contributed by atoms with van der Waals surface area (Å²) in [7, 11) is -3.73. The Balaban J connectivity index is 0.00000338. The third-order valence-electron chi connectivity index (χ3n) is 4.13. The highest BCUT2D eigenvalue weighted by molar-refractivity contribution is 7.89. The van der Waals surface area contributed by atoms with Crippen LogP contribution in [0.15, 0.2) is 47.4 Å². The van der Waals surface area contributed by atoms with Crippen LogP contribution < -0.4 is 10.5 Å². The molecule has 5 nitrogen and oxygen atoms in total. The van der Waals surface area contributed by atoms with Crippen molar-refractivity contribution in [1.82, 2.24) is 4.72 Å². The molecule has 140 valence electrons. The molecule has 0 fully saturated rings. The summed E-state index contributed by atoms with van der Waals surface area (Å²) >= 11 is 0. The normalized spacial score (nSPS) is 12.3. The molecule has 0 saturated carbocycles. The Morgan fingerprint density at radius 3 is 2.23 bits per heavy atom. The van der Waals surface area contributed by atoms with E-state index in [9.17, 15) is 8.42 Å². The molecule has 3 N–H and O–H groups in total. The molecule has 0 bridgehead atoms. The predicted molar refractivity (Wildman–Crippen MR) is 106 cm³/mol. The van der Waals surface area contributed by atoms with Crippen molar-refractivity contribution in [2.75, 3.05) is 6.54 Å². The Morgan fingerprint density at radius 2 is 1.69 bits per heavy atom. The Hall–Kier alpha value is -1.91. The molecule has 0 aliphatic carbocycles. The summed E-state index contributed by atoms with van der Waals surface area (Å²) in [6.07, 6.45) is 0. The average Bonchev–Trinajstić information content (AvgIpc) is 2.60. The minimum absolute atomic E-state index is 0. The van der Waals surface area contributed by atoms with Crippen LogP contribution in [0.3, 0.4) is 0 Å². The minimum atomic E-state index is -3.73. The van der Waals surface area contributed by atoms with Crippen LogP contribution in [0.2, 0.25) is 0 Å². The van der Waals surface area contributed by atoms with E-state index in [0.29, 0.717) is 17.0 Å². The van der Waals surface area contributed by atoms with Gasteiger partial charge in [-0.05, 0) is 41.7 Å². The molecule has 0 saturated heterocycles. The molecular formula is C19H24ClN3O2S. The molecule has 2 rings (SSSR count). The molecule has 2 aromatic carbocycles. The molecule has 0 aliphatic rings. The Kier molecular flexibility index (Phi) is 7.79. The summed E-state index contributed by atoms with van der Waals surface area (Å²) in [5.41, 5.74) is 9.09. The van der Waals surface area contributed by atoms with Gasteiger partial charge in [-0.1, -0.05) is 44.2 Å². The Morgan fingerprint density at radius 1 is 1.12 bits per heavy atom. The van der Waals surface area contributed by atoms with Gasteiger partial charge in [0, 0.05) is 12.6 Å². The third-order valence-corrected chi connectivity index (χ3v) is 5.70. The molecular weight excluding hydrogens is 370 g/mol. The number of nitriles is 1. The van der Waals surface area contributed by atoms with E-state index in [0.717, 1.165) is 5.56 Å². The fraction of sp³-hybridized carbons (Fsp3) is 0.316. The molecule has 1 unspecified atom stereocenters.